The van der Waals surface area contributed by atoms with Gasteiger partial charge in [0.15, 0.2) is 11.2 Å². The Morgan fingerprint density at radius 1 is 1.17 bits per heavy atom. The van der Waals surface area contributed by atoms with E-state index in [1.54, 1.807) is 11.6 Å². The topological polar surface area (TPSA) is 107 Å². The molecule has 0 aliphatic carbocycles. The lowest BCUT2D eigenvalue weighted by Crippen LogP contribution is -2.37. The van der Waals surface area contributed by atoms with Crippen LogP contribution in [0.4, 0.5) is 0 Å². The van der Waals surface area contributed by atoms with Crippen LogP contribution in [0.3, 0.4) is 0 Å². The highest BCUT2D eigenvalue weighted by molar-refractivity contribution is 5.83. The Morgan fingerprint density at radius 2 is 1.97 bits per heavy atom. The third kappa shape index (κ3) is 3.35. The summed E-state index contributed by atoms with van der Waals surface area (Å²) in [5.74, 6) is -0.103. The monoisotopic (exact) mass is 394 g/mol. The first-order chi connectivity index (χ1) is 14.0. The molecule has 3 heterocycles. The number of aryl methyl sites for hydroxylation is 2. The minimum atomic E-state index is -0.428. The summed E-state index contributed by atoms with van der Waals surface area (Å²) in [6, 6.07) is 8.05. The normalized spacial score (nSPS) is 11.4. The minimum Gasteiger partial charge on any atom is -0.361 e. The predicted octanol–water partition coefficient (Wildman–Crippen LogP) is 0.664. The zero-order chi connectivity index (χ0) is 20.5. The van der Waals surface area contributed by atoms with Crippen molar-refractivity contribution in [3.63, 3.8) is 0 Å². The quantitative estimate of drug-likeness (QED) is 0.501. The van der Waals surface area contributed by atoms with Gasteiger partial charge in [-0.3, -0.25) is 18.7 Å². The van der Waals surface area contributed by atoms with E-state index in [4.69, 9.17) is 0 Å². The highest BCUT2D eigenvalue weighted by Crippen LogP contribution is 2.17. The molecule has 0 saturated heterocycles. The van der Waals surface area contributed by atoms with Crippen LogP contribution in [-0.2, 0) is 31.9 Å². The van der Waals surface area contributed by atoms with Crippen LogP contribution in [0.15, 0.2) is 46.4 Å². The van der Waals surface area contributed by atoms with Crippen molar-refractivity contribution in [2.24, 2.45) is 14.1 Å². The van der Waals surface area contributed by atoms with E-state index in [2.05, 4.69) is 21.4 Å². The Kier molecular flexibility index (Phi) is 4.79. The first-order valence-electron chi connectivity index (χ1n) is 9.40. The molecule has 0 spiro atoms. The number of aromatic nitrogens is 5. The Morgan fingerprint density at radius 3 is 2.79 bits per heavy atom. The summed E-state index contributed by atoms with van der Waals surface area (Å²) in [4.78, 5) is 44.0. The number of rotatable bonds is 6. The smallest absolute Gasteiger partial charge is 0.332 e. The number of fused-ring (bicyclic) bond motifs is 2. The van der Waals surface area contributed by atoms with Crippen LogP contribution in [0, 0.1) is 0 Å². The van der Waals surface area contributed by atoms with E-state index < -0.39 is 11.2 Å². The molecule has 0 unspecified atom stereocenters. The molecule has 0 saturated carbocycles. The van der Waals surface area contributed by atoms with Crippen molar-refractivity contribution in [1.82, 2.24) is 29.0 Å². The second-order valence-corrected chi connectivity index (χ2v) is 7.03. The number of carbonyl (C=O) groups excluding carboxylic acids is 1. The third-order valence-electron chi connectivity index (χ3n) is 5.19. The van der Waals surface area contributed by atoms with Gasteiger partial charge in [-0.15, -0.1) is 0 Å². The van der Waals surface area contributed by atoms with Gasteiger partial charge in [-0.2, -0.15) is 0 Å². The number of nitrogens with zero attached hydrogens (tertiary/aromatic N) is 4. The average molecular weight is 394 g/mol. The van der Waals surface area contributed by atoms with Gasteiger partial charge in [-0.1, -0.05) is 18.2 Å². The molecule has 4 rings (SSSR count). The zero-order valence-corrected chi connectivity index (χ0v) is 16.3. The van der Waals surface area contributed by atoms with Gasteiger partial charge >= 0.3 is 5.69 Å². The molecular weight excluding hydrogens is 372 g/mol. The molecular formula is C20H22N6O3. The van der Waals surface area contributed by atoms with E-state index in [0.29, 0.717) is 24.3 Å². The van der Waals surface area contributed by atoms with Crippen molar-refractivity contribution in [3.8, 4) is 0 Å². The van der Waals surface area contributed by atoms with Crippen LogP contribution in [0.2, 0.25) is 0 Å². The molecule has 0 aliphatic heterocycles. The number of hydrogen-bond acceptors (Lipinski definition) is 4. The molecule has 2 N–H and O–H groups in total. The largest absolute Gasteiger partial charge is 0.361 e. The van der Waals surface area contributed by atoms with Gasteiger partial charge in [-0.05, 0) is 18.1 Å². The Balaban J connectivity index is 1.39. The van der Waals surface area contributed by atoms with Gasteiger partial charge in [0, 0.05) is 50.7 Å². The van der Waals surface area contributed by atoms with E-state index in [0.717, 1.165) is 27.5 Å². The number of nitrogens with one attached hydrogen (secondary N) is 2. The van der Waals surface area contributed by atoms with Crippen molar-refractivity contribution < 1.29 is 4.79 Å². The summed E-state index contributed by atoms with van der Waals surface area (Å²) in [6.45, 7) is 0.838. The molecule has 29 heavy (non-hydrogen) atoms. The Hall–Kier alpha value is -3.62. The Bertz CT molecular complexity index is 1320. The van der Waals surface area contributed by atoms with Crippen LogP contribution < -0.4 is 16.6 Å². The van der Waals surface area contributed by atoms with Crippen LogP contribution in [-0.4, -0.2) is 36.1 Å². The van der Waals surface area contributed by atoms with Crippen molar-refractivity contribution in [2.45, 2.75) is 19.4 Å². The number of imidazole rings is 1. The highest BCUT2D eigenvalue weighted by Gasteiger charge is 2.14. The molecule has 150 valence electrons. The SMILES string of the molecule is Cn1c(=O)c2c(ncn2CCC(=O)NCCc2c[nH]c3ccccc23)n(C)c1=O. The first kappa shape index (κ1) is 18.7. The van der Waals surface area contributed by atoms with Crippen LogP contribution in [0.1, 0.15) is 12.0 Å². The molecule has 9 heteroatoms. The summed E-state index contributed by atoms with van der Waals surface area (Å²) < 4.78 is 3.99. The van der Waals surface area contributed by atoms with Gasteiger partial charge in [0.1, 0.15) is 0 Å². The molecule has 0 fully saturated rings. The predicted molar refractivity (Wildman–Crippen MR) is 110 cm³/mol. The lowest BCUT2D eigenvalue weighted by molar-refractivity contribution is -0.121. The number of benzene rings is 1. The van der Waals surface area contributed by atoms with Gasteiger partial charge < -0.3 is 14.9 Å². The van der Waals surface area contributed by atoms with Crippen LogP contribution >= 0.6 is 0 Å². The van der Waals surface area contributed by atoms with Gasteiger partial charge in [0.25, 0.3) is 5.56 Å². The molecule has 0 bridgehead atoms. The number of para-hydroxylation sites is 1. The second kappa shape index (κ2) is 7.42. The fourth-order valence-corrected chi connectivity index (χ4v) is 3.55. The average Bonchev–Trinajstić information content (AvgIpc) is 3.34. The maximum absolute atomic E-state index is 12.4. The maximum atomic E-state index is 12.4. The molecule has 9 nitrogen and oxygen atoms in total. The molecule has 0 aliphatic rings. The first-order valence-corrected chi connectivity index (χ1v) is 9.40. The van der Waals surface area contributed by atoms with Crippen molar-refractivity contribution in [1.29, 1.82) is 0 Å². The summed E-state index contributed by atoms with van der Waals surface area (Å²) in [5.41, 5.74) is 2.03. The fourth-order valence-electron chi connectivity index (χ4n) is 3.55. The lowest BCUT2D eigenvalue weighted by Gasteiger charge is -2.07. The molecule has 0 atom stereocenters. The molecule has 0 radical (unpaired) electrons. The number of aromatic amines is 1. The summed E-state index contributed by atoms with van der Waals surface area (Å²) in [7, 11) is 3.00. The van der Waals surface area contributed by atoms with Crippen molar-refractivity contribution >= 4 is 28.0 Å². The third-order valence-corrected chi connectivity index (χ3v) is 5.19. The van der Waals surface area contributed by atoms with Gasteiger partial charge in [0.05, 0.1) is 6.33 Å². The van der Waals surface area contributed by atoms with Crippen molar-refractivity contribution in [3.05, 3.63) is 63.2 Å². The van der Waals surface area contributed by atoms with E-state index in [1.165, 1.54) is 17.9 Å². The molecule has 1 amide bonds. The van der Waals surface area contributed by atoms with E-state index in [1.807, 2.05) is 24.4 Å². The van der Waals surface area contributed by atoms with E-state index >= 15 is 0 Å². The summed E-state index contributed by atoms with van der Waals surface area (Å²) in [5, 5.41) is 4.08. The maximum Gasteiger partial charge on any atom is 0.332 e. The number of hydrogen-bond donors (Lipinski definition) is 2. The zero-order valence-electron chi connectivity index (χ0n) is 16.3. The van der Waals surface area contributed by atoms with Crippen LogP contribution in [0.25, 0.3) is 22.1 Å². The summed E-state index contributed by atoms with van der Waals surface area (Å²) >= 11 is 0. The standard InChI is InChI=1S/C20H22N6O3/c1-24-18-17(19(28)25(2)20(24)29)26(12-23-18)10-8-16(27)21-9-7-13-11-22-15-6-4-3-5-14(13)15/h3-6,11-12,22H,7-10H2,1-2H3,(H,21,27). The second-order valence-electron chi connectivity index (χ2n) is 7.03. The van der Waals surface area contributed by atoms with Crippen LogP contribution in [0.5, 0.6) is 0 Å². The Labute approximate surface area is 165 Å². The molecule has 4 aromatic rings. The lowest BCUT2D eigenvalue weighted by atomic mass is 10.1. The van der Waals surface area contributed by atoms with Gasteiger partial charge in [-0.25, -0.2) is 9.78 Å². The number of amides is 1. The van der Waals surface area contributed by atoms with Crippen molar-refractivity contribution in [2.75, 3.05) is 6.54 Å². The van der Waals surface area contributed by atoms with Gasteiger partial charge in [0.2, 0.25) is 5.91 Å². The fraction of sp³-hybridized carbons (Fsp3) is 0.300. The molecule has 1 aromatic carbocycles. The summed E-state index contributed by atoms with van der Waals surface area (Å²) in [6.07, 6.45) is 4.40. The number of H-pyrrole nitrogens is 1. The minimum absolute atomic E-state index is 0.103. The number of carbonyl (C=O) groups is 1. The van der Waals surface area contributed by atoms with E-state index in [9.17, 15) is 14.4 Å². The molecule has 3 aromatic heterocycles. The highest BCUT2D eigenvalue weighted by atomic mass is 16.2. The van der Waals surface area contributed by atoms with E-state index in [-0.39, 0.29) is 12.3 Å².